The molecule has 9 heteroatoms. The minimum atomic E-state index is -4.77. The maximum Gasteiger partial charge on any atom is 0.573 e. The lowest BCUT2D eigenvalue weighted by atomic mass is 9.91. The Balaban J connectivity index is 1.24. The van der Waals surface area contributed by atoms with E-state index in [1.54, 1.807) is 12.1 Å². The van der Waals surface area contributed by atoms with E-state index in [1.807, 2.05) is 0 Å². The number of hydrogen-bond acceptors (Lipinski definition) is 4. The molecule has 4 fully saturated rings. The predicted molar refractivity (Wildman–Crippen MR) is 122 cm³/mol. The number of nitrogens with zero attached hydrogens (tertiary/aromatic N) is 1. The Labute approximate surface area is 200 Å². The van der Waals surface area contributed by atoms with Gasteiger partial charge in [0.2, 0.25) is 11.8 Å². The molecule has 1 aromatic carbocycles. The van der Waals surface area contributed by atoms with Gasteiger partial charge in [-0.25, -0.2) is 4.98 Å². The van der Waals surface area contributed by atoms with E-state index in [0.29, 0.717) is 34.6 Å². The van der Waals surface area contributed by atoms with Gasteiger partial charge >= 0.3 is 6.36 Å². The van der Waals surface area contributed by atoms with Crippen LogP contribution in [0.2, 0.25) is 0 Å². The normalized spacial score (nSPS) is 22.9. The molecule has 6 nitrogen and oxygen atoms in total. The number of halogens is 3. The van der Waals surface area contributed by atoms with Gasteiger partial charge in [-0.3, -0.25) is 9.59 Å². The lowest BCUT2D eigenvalue weighted by Crippen LogP contribution is -2.22. The van der Waals surface area contributed by atoms with Gasteiger partial charge < -0.3 is 15.4 Å². The summed E-state index contributed by atoms with van der Waals surface area (Å²) in [5.41, 5.74) is 1.39. The number of ether oxygens (including phenoxy) is 1. The average Bonchev–Trinajstić information content (AvgIpc) is 3.60. The molecule has 4 aliphatic rings. The first kappa shape index (κ1) is 22.4. The van der Waals surface area contributed by atoms with Gasteiger partial charge in [0.25, 0.3) is 0 Å². The standard InChI is InChI=1S/C26H26F3N3O3/c27-26(28,29)35-19-9-3-14(4-10-19)16-11-21(31-23(33)15-1-2-15)30-22(12-16)32-24(34)20-13-25(20,17-5-6-17)18-7-8-18/h3-4,9-12,15,17-18,20H,1-2,5-8,13H2,(H2,30,31,32,33,34). The fourth-order valence-electron chi connectivity index (χ4n) is 5.57. The Morgan fingerprint density at radius 3 is 1.94 bits per heavy atom. The van der Waals surface area contributed by atoms with Crippen LogP contribution in [0.4, 0.5) is 24.8 Å². The molecule has 0 spiro atoms. The van der Waals surface area contributed by atoms with Crippen molar-refractivity contribution in [3.63, 3.8) is 0 Å². The summed E-state index contributed by atoms with van der Waals surface area (Å²) in [4.78, 5) is 30.0. The van der Waals surface area contributed by atoms with Crippen LogP contribution in [-0.2, 0) is 9.59 Å². The van der Waals surface area contributed by atoms with E-state index in [4.69, 9.17) is 0 Å². The van der Waals surface area contributed by atoms with Crippen LogP contribution in [0.15, 0.2) is 36.4 Å². The molecule has 1 aromatic heterocycles. The SMILES string of the molecule is O=C(Nc1cc(-c2ccc(OC(F)(F)F)cc2)cc(NC(=O)C2CC2(C2CC2)C2CC2)n1)C1CC1. The zero-order valence-electron chi connectivity index (χ0n) is 19.0. The first-order valence-corrected chi connectivity index (χ1v) is 12.2. The third-order valence-corrected chi connectivity index (χ3v) is 7.73. The topological polar surface area (TPSA) is 80.3 Å². The fraction of sp³-hybridized carbons (Fsp3) is 0.500. The van der Waals surface area contributed by atoms with Crippen molar-refractivity contribution in [2.75, 3.05) is 10.6 Å². The van der Waals surface area contributed by atoms with Crippen molar-refractivity contribution in [3.05, 3.63) is 36.4 Å². The largest absolute Gasteiger partial charge is 0.573 e. The number of rotatable bonds is 8. The van der Waals surface area contributed by atoms with E-state index in [-0.39, 0.29) is 34.8 Å². The molecule has 35 heavy (non-hydrogen) atoms. The first-order valence-electron chi connectivity index (χ1n) is 12.2. The Hall–Kier alpha value is -3.10. The molecule has 0 radical (unpaired) electrons. The minimum absolute atomic E-state index is 0.00346. The van der Waals surface area contributed by atoms with Crippen LogP contribution in [-0.4, -0.2) is 23.2 Å². The summed E-state index contributed by atoms with van der Waals surface area (Å²) in [7, 11) is 0. The zero-order valence-corrected chi connectivity index (χ0v) is 19.0. The molecular formula is C26H26F3N3O3. The highest BCUT2D eigenvalue weighted by Crippen LogP contribution is 2.74. The van der Waals surface area contributed by atoms with Gasteiger partial charge in [0.1, 0.15) is 17.4 Å². The van der Waals surface area contributed by atoms with Gasteiger partial charge in [-0.2, -0.15) is 0 Å². The summed E-state index contributed by atoms with van der Waals surface area (Å²) in [6, 6.07) is 8.80. The van der Waals surface area contributed by atoms with Gasteiger partial charge in [0.05, 0.1) is 0 Å². The number of benzene rings is 1. The fourth-order valence-corrected chi connectivity index (χ4v) is 5.57. The van der Waals surface area contributed by atoms with Gasteiger partial charge in [0.15, 0.2) is 0 Å². The second-order valence-corrected chi connectivity index (χ2v) is 10.4. The van der Waals surface area contributed by atoms with Crippen molar-refractivity contribution < 1.29 is 27.5 Å². The summed E-state index contributed by atoms with van der Waals surface area (Å²) >= 11 is 0. The summed E-state index contributed by atoms with van der Waals surface area (Å²) in [5.74, 6) is 1.44. The monoisotopic (exact) mass is 485 g/mol. The third kappa shape index (κ3) is 4.73. The van der Waals surface area contributed by atoms with Crippen LogP contribution in [0.25, 0.3) is 11.1 Å². The van der Waals surface area contributed by atoms with Crippen LogP contribution in [0.5, 0.6) is 5.75 Å². The summed E-state index contributed by atoms with van der Waals surface area (Å²) in [5, 5.41) is 5.77. The number of hydrogen-bond donors (Lipinski definition) is 2. The maximum absolute atomic E-state index is 13.2. The zero-order chi connectivity index (χ0) is 24.4. The van der Waals surface area contributed by atoms with Crippen LogP contribution < -0.4 is 15.4 Å². The number of nitrogens with one attached hydrogen (secondary N) is 2. The van der Waals surface area contributed by atoms with Crippen molar-refractivity contribution >= 4 is 23.5 Å². The number of anilines is 2. The van der Waals surface area contributed by atoms with E-state index in [0.717, 1.165) is 19.3 Å². The van der Waals surface area contributed by atoms with Crippen molar-refractivity contribution in [2.24, 2.45) is 29.1 Å². The van der Waals surface area contributed by atoms with Gasteiger partial charge in [0, 0.05) is 11.8 Å². The summed E-state index contributed by atoms with van der Waals surface area (Å²) < 4.78 is 41.5. The van der Waals surface area contributed by atoms with Crippen molar-refractivity contribution in [1.29, 1.82) is 0 Å². The quantitative estimate of drug-likeness (QED) is 0.498. The molecule has 2 N–H and O–H groups in total. The molecule has 4 aliphatic carbocycles. The maximum atomic E-state index is 13.2. The Morgan fingerprint density at radius 2 is 1.43 bits per heavy atom. The highest BCUT2D eigenvalue weighted by Gasteiger charge is 2.70. The summed E-state index contributed by atoms with van der Waals surface area (Å²) in [6.07, 6.45) is 2.66. The molecule has 184 valence electrons. The van der Waals surface area contributed by atoms with Crippen molar-refractivity contribution in [3.8, 4) is 16.9 Å². The van der Waals surface area contributed by atoms with Crippen molar-refractivity contribution in [2.45, 2.75) is 51.3 Å². The van der Waals surface area contributed by atoms with Crippen LogP contribution in [0.3, 0.4) is 0 Å². The van der Waals surface area contributed by atoms with Crippen LogP contribution in [0.1, 0.15) is 44.9 Å². The van der Waals surface area contributed by atoms with E-state index in [1.165, 1.54) is 49.9 Å². The molecular weight excluding hydrogens is 459 g/mol. The molecule has 0 saturated heterocycles. The lowest BCUT2D eigenvalue weighted by Gasteiger charge is -2.16. The molecule has 0 bridgehead atoms. The van der Waals surface area contributed by atoms with Gasteiger partial charge in [-0.05, 0) is 97.6 Å². The second-order valence-electron chi connectivity index (χ2n) is 10.4. The van der Waals surface area contributed by atoms with E-state index >= 15 is 0 Å². The smallest absolute Gasteiger partial charge is 0.406 e. The number of aromatic nitrogens is 1. The van der Waals surface area contributed by atoms with Crippen LogP contribution >= 0.6 is 0 Å². The number of alkyl halides is 3. The minimum Gasteiger partial charge on any atom is -0.406 e. The molecule has 1 atom stereocenters. The molecule has 1 heterocycles. The van der Waals surface area contributed by atoms with Gasteiger partial charge in [-0.1, -0.05) is 12.1 Å². The highest BCUT2D eigenvalue weighted by atomic mass is 19.4. The Kier molecular flexibility index (Phi) is 5.09. The first-order chi connectivity index (χ1) is 16.7. The number of amides is 2. The molecule has 6 rings (SSSR count). The number of carbonyl (C=O) groups is 2. The second kappa shape index (κ2) is 7.96. The molecule has 1 unspecified atom stereocenters. The Bertz CT molecular complexity index is 1160. The predicted octanol–water partition coefficient (Wildman–Crippen LogP) is 5.76. The Morgan fingerprint density at radius 1 is 0.857 bits per heavy atom. The number of pyridine rings is 1. The van der Waals surface area contributed by atoms with Crippen molar-refractivity contribution in [1.82, 2.24) is 4.98 Å². The van der Waals surface area contributed by atoms with E-state index in [9.17, 15) is 22.8 Å². The molecule has 4 saturated carbocycles. The summed E-state index contributed by atoms with van der Waals surface area (Å²) in [6.45, 7) is 0. The lowest BCUT2D eigenvalue weighted by molar-refractivity contribution is -0.274. The molecule has 2 amide bonds. The van der Waals surface area contributed by atoms with E-state index in [2.05, 4.69) is 20.4 Å². The highest BCUT2D eigenvalue weighted by molar-refractivity contribution is 5.97. The number of carbonyl (C=O) groups excluding carboxylic acids is 2. The van der Waals surface area contributed by atoms with Gasteiger partial charge in [-0.15, -0.1) is 13.2 Å². The average molecular weight is 486 g/mol. The molecule has 2 aromatic rings. The van der Waals surface area contributed by atoms with E-state index < -0.39 is 6.36 Å². The third-order valence-electron chi connectivity index (χ3n) is 7.73. The molecule has 0 aliphatic heterocycles. The van der Waals surface area contributed by atoms with Crippen LogP contribution in [0, 0.1) is 29.1 Å².